The van der Waals surface area contributed by atoms with Crippen LogP contribution in [-0.4, -0.2) is 21.1 Å². The van der Waals surface area contributed by atoms with E-state index in [0.29, 0.717) is 24.2 Å². The van der Waals surface area contributed by atoms with Gasteiger partial charge >= 0.3 is 0 Å². The van der Waals surface area contributed by atoms with Gasteiger partial charge in [-0.3, -0.25) is 4.79 Å². The zero-order valence-corrected chi connectivity index (χ0v) is 9.08. The van der Waals surface area contributed by atoms with E-state index in [4.69, 9.17) is 5.73 Å². The van der Waals surface area contributed by atoms with Crippen molar-refractivity contribution in [2.45, 2.75) is 39.2 Å². The lowest BCUT2D eigenvalue weighted by molar-refractivity contribution is 0.437. The van der Waals surface area contributed by atoms with Crippen molar-refractivity contribution in [3.63, 3.8) is 0 Å². The Balaban J connectivity index is 3.03. The summed E-state index contributed by atoms with van der Waals surface area (Å²) in [5, 5.41) is 9.54. The first-order chi connectivity index (χ1) is 7.04. The predicted octanol–water partition coefficient (Wildman–Crippen LogP) is 0.318. The Morgan fingerprint density at radius 2 is 2.27 bits per heavy atom. The summed E-state index contributed by atoms with van der Waals surface area (Å²) < 4.78 is 0. The summed E-state index contributed by atoms with van der Waals surface area (Å²) in [7, 11) is 0. The van der Waals surface area contributed by atoms with Crippen LogP contribution in [0.2, 0.25) is 0 Å². The molecule has 1 unspecified atom stereocenters. The maximum absolute atomic E-state index is 11.5. The van der Waals surface area contributed by atoms with Crippen LogP contribution in [0.4, 0.5) is 0 Å². The van der Waals surface area contributed by atoms with Gasteiger partial charge in [0, 0.05) is 12.5 Å². The van der Waals surface area contributed by atoms with Crippen LogP contribution in [0.1, 0.15) is 31.7 Å². The molecular formula is C10H17N3O2. The lowest BCUT2D eigenvalue weighted by atomic mass is 10.2. The SMILES string of the molecule is CCCc1c(O)nc(CC(C)N)[nH]c1=O. The first-order valence-electron chi connectivity index (χ1n) is 5.11. The normalized spacial score (nSPS) is 12.7. The van der Waals surface area contributed by atoms with E-state index in [1.54, 1.807) is 0 Å². The zero-order valence-electron chi connectivity index (χ0n) is 9.08. The molecule has 1 atom stereocenters. The number of H-pyrrole nitrogens is 1. The van der Waals surface area contributed by atoms with Crippen LogP contribution in [0.25, 0.3) is 0 Å². The third-order valence-electron chi connectivity index (χ3n) is 2.06. The summed E-state index contributed by atoms with van der Waals surface area (Å²) in [6, 6.07) is -0.0930. The highest BCUT2D eigenvalue weighted by Crippen LogP contribution is 2.10. The second-order valence-electron chi connectivity index (χ2n) is 3.75. The van der Waals surface area contributed by atoms with Gasteiger partial charge in [-0.2, -0.15) is 0 Å². The molecule has 5 heteroatoms. The maximum Gasteiger partial charge on any atom is 0.257 e. The molecule has 0 aliphatic carbocycles. The van der Waals surface area contributed by atoms with Gasteiger partial charge < -0.3 is 15.8 Å². The van der Waals surface area contributed by atoms with Crippen LogP contribution in [0.3, 0.4) is 0 Å². The summed E-state index contributed by atoms with van der Waals surface area (Å²) in [6.07, 6.45) is 1.78. The lowest BCUT2D eigenvalue weighted by Crippen LogP contribution is -2.23. The van der Waals surface area contributed by atoms with E-state index in [-0.39, 0.29) is 17.5 Å². The molecule has 0 spiro atoms. The Morgan fingerprint density at radius 3 is 2.73 bits per heavy atom. The molecule has 0 amide bonds. The van der Waals surface area contributed by atoms with E-state index < -0.39 is 0 Å². The van der Waals surface area contributed by atoms with Crippen LogP contribution >= 0.6 is 0 Å². The molecule has 0 saturated carbocycles. The van der Waals surface area contributed by atoms with Gasteiger partial charge in [0.05, 0.1) is 5.56 Å². The summed E-state index contributed by atoms with van der Waals surface area (Å²) in [4.78, 5) is 18.1. The van der Waals surface area contributed by atoms with Gasteiger partial charge in [0.1, 0.15) is 5.82 Å². The predicted molar refractivity (Wildman–Crippen MR) is 57.9 cm³/mol. The monoisotopic (exact) mass is 211 g/mol. The molecule has 1 heterocycles. The summed E-state index contributed by atoms with van der Waals surface area (Å²) in [5.74, 6) is 0.267. The van der Waals surface area contributed by atoms with Crippen molar-refractivity contribution < 1.29 is 5.11 Å². The van der Waals surface area contributed by atoms with Gasteiger partial charge in [-0.25, -0.2) is 4.98 Å². The Hall–Kier alpha value is -1.36. The number of aromatic hydroxyl groups is 1. The minimum Gasteiger partial charge on any atom is -0.493 e. The molecule has 0 aromatic carbocycles. The van der Waals surface area contributed by atoms with Gasteiger partial charge in [0.15, 0.2) is 0 Å². The number of nitrogens with zero attached hydrogens (tertiary/aromatic N) is 1. The Kier molecular flexibility index (Phi) is 3.85. The van der Waals surface area contributed by atoms with Gasteiger partial charge in [-0.05, 0) is 13.3 Å². The lowest BCUT2D eigenvalue weighted by Gasteiger charge is -2.06. The molecule has 0 fully saturated rings. The van der Waals surface area contributed by atoms with Crippen molar-refractivity contribution in [2.75, 3.05) is 0 Å². The molecule has 4 N–H and O–H groups in total. The molecule has 5 nitrogen and oxygen atoms in total. The van der Waals surface area contributed by atoms with Crippen LogP contribution in [-0.2, 0) is 12.8 Å². The zero-order chi connectivity index (χ0) is 11.4. The maximum atomic E-state index is 11.5. The molecule has 0 aliphatic rings. The first-order valence-corrected chi connectivity index (χ1v) is 5.11. The van der Waals surface area contributed by atoms with Crippen molar-refractivity contribution in [3.05, 3.63) is 21.7 Å². The van der Waals surface area contributed by atoms with Crippen molar-refractivity contribution >= 4 is 0 Å². The van der Waals surface area contributed by atoms with Crippen molar-refractivity contribution in [1.82, 2.24) is 9.97 Å². The molecule has 0 aliphatic heterocycles. The number of hydrogen-bond donors (Lipinski definition) is 3. The van der Waals surface area contributed by atoms with Crippen molar-refractivity contribution in [2.24, 2.45) is 5.73 Å². The third kappa shape index (κ3) is 3.06. The number of aromatic amines is 1. The highest BCUT2D eigenvalue weighted by molar-refractivity contribution is 5.22. The van der Waals surface area contributed by atoms with Crippen LogP contribution in [0.5, 0.6) is 5.88 Å². The molecule has 1 aromatic heterocycles. The molecule has 1 aromatic rings. The number of nitrogens with one attached hydrogen (secondary N) is 1. The smallest absolute Gasteiger partial charge is 0.257 e. The summed E-state index contributed by atoms with van der Waals surface area (Å²) >= 11 is 0. The second-order valence-corrected chi connectivity index (χ2v) is 3.75. The molecular weight excluding hydrogens is 194 g/mol. The number of rotatable bonds is 4. The van der Waals surface area contributed by atoms with E-state index in [2.05, 4.69) is 9.97 Å². The van der Waals surface area contributed by atoms with E-state index >= 15 is 0 Å². The van der Waals surface area contributed by atoms with Gasteiger partial charge in [0.25, 0.3) is 5.56 Å². The van der Waals surface area contributed by atoms with Gasteiger partial charge in [-0.15, -0.1) is 0 Å². The summed E-state index contributed by atoms with van der Waals surface area (Å²) in [5.41, 5.74) is 5.67. The second kappa shape index (κ2) is 4.93. The minimum absolute atomic E-state index is 0.0930. The molecule has 0 radical (unpaired) electrons. The average Bonchev–Trinajstić information content (AvgIpc) is 2.10. The third-order valence-corrected chi connectivity index (χ3v) is 2.06. The van der Waals surface area contributed by atoms with Gasteiger partial charge in [-0.1, -0.05) is 13.3 Å². The Bertz CT molecular complexity index is 385. The van der Waals surface area contributed by atoms with Crippen LogP contribution in [0.15, 0.2) is 4.79 Å². The van der Waals surface area contributed by atoms with Gasteiger partial charge in [0.2, 0.25) is 5.88 Å². The van der Waals surface area contributed by atoms with E-state index in [0.717, 1.165) is 6.42 Å². The minimum atomic E-state index is -0.264. The fourth-order valence-corrected chi connectivity index (χ4v) is 1.41. The first kappa shape index (κ1) is 11.7. The fraction of sp³-hybridized carbons (Fsp3) is 0.600. The van der Waals surface area contributed by atoms with Crippen molar-refractivity contribution in [1.29, 1.82) is 0 Å². The summed E-state index contributed by atoms with van der Waals surface area (Å²) in [6.45, 7) is 3.76. The quantitative estimate of drug-likeness (QED) is 0.668. The molecule has 0 bridgehead atoms. The van der Waals surface area contributed by atoms with E-state index in [1.807, 2.05) is 13.8 Å². The molecule has 1 rings (SSSR count). The largest absolute Gasteiger partial charge is 0.493 e. The number of nitrogens with two attached hydrogens (primary N) is 1. The highest BCUT2D eigenvalue weighted by atomic mass is 16.3. The van der Waals surface area contributed by atoms with E-state index in [1.165, 1.54) is 0 Å². The molecule has 0 saturated heterocycles. The standard InChI is InChI=1S/C10H17N3O2/c1-3-4-7-9(14)12-8(5-6(2)11)13-10(7)15/h6H,3-5,11H2,1-2H3,(H2,12,13,14,15). The number of aromatic nitrogens is 2. The molecule has 84 valence electrons. The van der Waals surface area contributed by atoms with Crippen molar-refractivity contribution in [3.8, 4) is 5.88 Å². The molecule has 15 heavy (non-hydrogen) atoms. The fourth-order valence-electron chi connectivity index (χ4n) is 1.41. The average molecular weight is 211 g/mol. The number of hydrogen-bond acceptors (Lipinski definition) is 4. The highest BCUT2D eigenvalue weighted by Gasteiger charge is 2.10. The van der Waals surface area contributed by atoms with Crippen LogP contribution in [0, 0.1) is 0 Å². The van der Waals surface area contributed by atoms with Crippen LogP contribution < -0.4 is 11.3 Å². The topological polar surface area (TPSA) is 92.0 Å². The van der Waals surface area contributed by atoms with E-state index in [9.17, 15) is 9.90 Å². The Labute approximate surface area is 88.4 Å². The Morgan fingerprint density at radius 1 is 1.60 bits per heavy atom.